The van der Waals surface area contributed by atoms with Crippen molar-refractivity contribution < 1.29 is 23.9 Å². The number of rotatable bonds is 7. The summed E-state index contributed by atoms with van der Waals surface area (Å²) in [5.41, 5.74) is 2.83. The molecule has 2 aromatic rings. The smallest absolute Gasteiger partial charge is 0.251 e. The minimum atomic E-state index is -1.02. The minimum Gasteiger partial charge on any atom is -0.392 e. The van der Waals surface area contributed by atoms with E-state index >= 15 is 0 Å². The highest BCUT2D eigenvalue weighted by molar-refractivity contribution is 5.94. The van der Waals surface area contributed by atoms with Crippen LogP contribution in [-0.4, -0.2) is 71.7 Å². The summed E-state index contributed by atoms with van der Waals surface area (Å²) in [7, 11) is 0. The van der Waals surface area contributed by atoms with Crippen LogP contribution in [0.15, 0.2) is 48.5 Å². The summed E-state index contributed by atoms with van der Waals surface area (Å²) in [6.07, 6.45) is 1.41. The molecule has 0 unspecified atom stereocenters. The number of hydrogen-bond donors (Lipinski definition) is 4. The second kappa shape index (κ2) is 12.0. The van der Waals surface area contributed by atoms with Gasteiger partial charge in [0.15, 0.2) is 0 Å². The predicted octanol–water partition coefficient (Wildman–Crippen LogP) is 1.50. The van der Waals surface area contributed by atoms with Gasteiger partial charge >= 0.3 is 0 Å². The van der Waals surface area contributed by atoms with Gasteiger partial charge in [-0.25, -0.2) is 4.39 Å². The maximum absolute atomic E-state index is 13.5. The van der Waals surface area contributed by atoms with Gasteiger partial charge in [0.2, 0.25) is 11.8 Å². The molecule has 0 radical (unpaired) electrons. The van der Waals surface area contributed by atoms with Crippen molar-refractivity contribution in [1.82, 2.24) is 20.9 Å². The van der Waals surface area contributed by atoms with Gasteiger partial charge in [-0.15, -0.1) is 0 Å². The Morgan fingerprint density at radius 1 is 1.05 bits per heavy atom. The van der Waals surface area contributed by atoms with Crippen molar-refractivity contribution in [2.75, 3.05) is 19.6 Å². The van der Waals surface area contributed by atoms with Crippen molar-refractivity contribution in [3.8, 4) is 11.8 Å². The fraction of sp³-hybridized carbons (Fsp3) is 0.433. The molecule has 0 bridgehead atoms. The Kier molecular flexibility index (Phi) is 8.24. The number of carbonyl (C=O) groups is 3. The van der Waals surface area contributed by atoms with Gasteiger partial charge < -0.3 is 26.0 Å². The molecule has 2 heterocycles. The number of likely N-dealkylation sites (tertiary alicyclic amines) is 1. The maximum atomic E-state index is 13.5. The quantitative estimate of drug-likeness (QED) is 0.404. The lowest BCUT2D eigenvalue weighted by Crippen LogP contribution is -2.46. The molecular weight excluding hydrogens is 499 g/mol. The lowest BCUT2D eigenvalue weighted by atomic mass is 10.1. The van der Waals surface area contributed by atoms with Crippen LogP contribution in [0.1, 0.15) is 52.7 Å². The van der Waals surface area contributed by atoms with E-state index in [9.17, 15) is 23.9 Å². The number of carbonyl (C=O) groups excluding carboxylic acids is 3. The van der Waals surface area contributed by atoms with E-state index < -0.39 is 12.2 Å². The fourth-order valence-corrected chi connectivity index (χ4v) is 5.15. The van der Waals surface area contributed by atoms with Crippen LogP contribution in [0.4, 0.5) is 4.39 Å². The molecule has 2 aliphatic heterocycles. The first-order valence-electron chi connectivity index (χ1n) is 13.5. The van der Waals surface area contributed by atoms with Crippen LogP contribution in [0.5, 0.6) is 0 Å². The minimum absolute atomic E-state index is 0.0289. The molecule has 1 saturated carbocycles. The highest BCUT2D eigenvalue weighted by Gasteiger charge is 2.42. The van der Waals surface area contributed by atoms with Gasteiger partial charge in [-0.05, 0) is 61.2 Å². The van der Waals surface area contributed by atoms with Crippen LogP contribution in [0.25, 0.3) is 0 Å². The molecule has 8 nitrogen and oxygen atoms in total. The zero-order chi connectivity index (χ0) is 27.4. The number of aliphatic hydroxyl groups is 1. The van der Waals surface area contributed by atoms with Crippen molar-refractivity contribution in [2.45, 2.75) is 56.6 Å². The molecule has 3 aliphatic rings. The van der Waals surface area contributed by atoms with Gasteiger partial charge in [0.1, 0.15) is 6.17 Å². The standard InChI is InChI=1S/C30H33FN4O4/c31-24-13-27(32-15-24)29(38)34-25-14-26(35(17-25)30(39)23-10-11-23)16-33-28(37)22-8-6-19(7-9-22)4-5-20-2-1-3-21(12-20)18-36/h1-3,6-9,12,23-27,32,36H,10-11,13-18H2,(H,33,37)(H,34,38)/t24-,25+,26+,27-/m0/s1. The third-order valence-electron chi connectivity index (χ3n) is 7.47. The van der Waals surface area contributed by atoms with Crippen LogP contribution in [0, 0.1) is 17.8 Å². The summed E-state index contributed by atoms with van der Waals surface area (Å²) in [6, 6.07) is 13.3. The molecule has 2 aromatic carbocycles. The van der Waals surface area contributed by atoms with Crippen molar-refractivity contribution in [1.29, 1.82) is 0 Å². The zero-order valence-corrected chi connectivity index (χ0v) is 21.7. The fourth-order valence-electron chi connectivity index (χ4n) is 5.15. The molecule has 4 atom stereocenters. The molecule has 39 heavy (non-hydrogen) atoms. The van der Waals surface area contributed by atoms with Gasteiger partial charge in [-0.1, -0.05) is 24.0 Å². The first kappa shape index (κ1) is 26.9. The maximum Gasteiger partial charge on any atom is 0.251 e. The Morgan fingerprint density at radius 3 is 2.51 bits per heavy atom. The van der Waals surface area contributed by atoms with Gasteiger partial charge in [0.25, 0.3) is 5.91 Å². The number of nitrogens with one attached hydrogen (secondary N) is 3. The van der Waals surface area contributed by atoms with E-state index in [2.05, 4.69) is 27.8 Å². The first-order valence-corrected chi connectivity index (χ1v) is 13.5. The monoisotopic (exact) mass is 532 g/mol. The Balaban J connectivity index is 1.17. The molecule has 2 saturated heterocycles. The number of hydrogen-bond acceptors (Lipinski definition) is 5. The number of halogens is 1. The molecule has 0 aromatic heterocycles. The number of amides is 3. The second-order valence-corrected chi connectivity index (χ2v) is 10.5. The van der Waals surface area contributed by atoms with E-state index in [1.807, 2.05) is 24.3 Å². The molecule has 3 fully saturated rings. The highest BCUT2D eigenvalue weighted by atomic mass is 19.1. The van der Waals surface area contributed by atoms with E-state index in [0.717, 1.165) is 29.5 Å². The summed E-state index contributed by atoms with van der Waals surface area (Å²) >= 11 is 0. The second-order valence-electron chi connectivity index (χ2n) is 10.5. The van der Waals surface area contributed by atoms with E-state index in [1.165, 1.54) is 0 Å². The average Bonchev–Trinajstić information content (AvgIpc) is 3.59. The lowest BCUT2D eigenvalue weighted by molar-refractivity contribution is -0.133. The zero-order valence-electron chi connectivity index (χ0n) is 21.7. The number of benzene rings is 2. The summed E-state index contributed by atoms with van der Waals surface area (Å²) in [4.78, 5) is 40.1. The number of aliphatic hydroxyl groups excluding tert-OH is 1. The summed E-state index contributed by atoms with van der Waals surface area (Å²) < 4.78 is 13.5. The third-order valence-corrected chi connectivity index (χ3v) is 7.47. The molecule has 4 N–H and O–H groups in total. The van der Waals surface area contributed by atoms with Crippen LogP contribution in [0.2, 0.25) is 0 Å². The molecule has 0 spiro atoms. The number of nitrogens with zero attached hydrogens (tertiary/aromatic N) is 1. The molecule has 1 aliphatic carbocycles. The molecule has 3 amide bonds. The van der Waals surface area contributed by atoms with Crippen LogP contribution in [0.3, 0.4) is 0 Å². The van der Waals surface area contributed by atoms with Gasteiger partial charge in [0.05, 0.1) is 18.7 Å². The van der Waals surface area contributed by atoms with Crippen LogP contribution >= 0.6 is 0 Å². The van der Waals surface area contributed by atoms with Crippen molar-refractivity contribution in [3.05, 3.63) is 70.8 Å². The van der Waals surface area contributed by atoms with Crippen molar-refractivity contribution in [2.24, 2.45) is 5.92 Å². The SMILES string of the molecule is O=C(NC[C@H]1C[C@@H](NC(=O)[C@@H]2C[C@H](F)CN2)CN1C(=O)C1CC1)c1ccc(C#Cc2cccc(CO)c2)cc1. The number of alkyl halides is 1. The Bertz CT molecular complexity index is 1280. The highest BCUT2D eigenvalue weighted by Crippen LogP contribution is 2.33. The van der Waals surface area contributed by atoms with Gasteiger partial charge in [0, 0.05) is 54.7 Å². The average molecular weight is 533 g/mol. The van der Waals surface area contributed by atoms with E-state index in [0.29, 0.717) is 18.5 Å². The summed E-state index contributed by atoms with van der Waals surface area (Å²) in [5.74, 6) is 5.74. The molecule has 204 valence electrons. The van der Waals surface area contributed by atoms with Crippen molar-refractivity contribution in [3.63, 3.8) is 0 Å². The Morgan fingerprint density at radius 2 is 1.82 bits per heavy atom. The molecule has 9 heteroatoms. The predicted molar refractivity (Wildman–Crippen MR) is 143 cm³/mol. The topological polar surface area (TPSA) is 111 Å². The lowest BCUT2D eigenvalue weighted by Gasteiger charge is -2.25. The van der Waals surface area contributed by atoms with E-state index in [-0.39, 0.29) is 61.8 Å². The largest absolute Gasteiger partial charge is 0.392 e. The summed E-state index contributed by atoms with van der Waals surface area (Å²) in [5, 5.41) is 18.1. The van der Waals surface area contributed by atoms with Gasteiger partial charge in [-0.3, -0.25) is 14.4 Å². The Labute approximate surface area is 227 Å². The van der Waals surface area contributed by atoms with E-state index in [4.69, 9.17) is 0 Å². The molecular formula is C30H33FN4O4. The molecule has 5 rings (SSSR count). The third kappa shape index (κ3) is 6.83. The van der Waals surface area contributed by atoms with Gasteiger partial charge in [-0.2, -0.15) is 0 Å². The van der Waals surface area contributed by atoms with E-state index in [1.54, 1.807) is 29.2 Å². The Hall–Kier alpha value is -3.74. The normalized spacial score (nSPS) is 24.1. The van der Waals surface area contributed by atoms with Crippen LogP contribution < -0.4 is 16.0 Å². The van der Waals surface area contributed by atoms with Crippen LogP contribution in [-0.2, 0) is 16.2 Å². The summed E-state index contributed by atoms with van der Waals surface area (Å²) in [6.45, 7) is 0.805. The van der Waals surface area contributed by atoms with Crippen molar-refractivity contribution >= 4 is 17.7 Å². The first-order chi connectivity index (χ1) is 18.9.